The van der Waals surface area contributed by atoms with Gasteiger partial charge in [0.25, 0.3) is 6.29 Å². The molecule has 81 valence electrons. The molecule has 0 aromatic heterocycles. The molecule has 0 saturated heterocycles. The van der Waals surface area contributed by atoms with Gasteiger partial charge in [0, 0.05) is 19.1 Å². The number of carbonyl (C=O) groups excluding carboxylic acids is 1. The zero-order valence-electron chi connectivity index (χ0n) is 8.96. The lowest BCUT2D eigenvalue weighted by atomic mass is 10.4. The van der Waals surface area contributed by atoms with E-state index >= 15 is 0 Å². The maximum Gasteiger partial charge on any atom is 0.335 e. The van der Waals surface area contributed by atoms with E-state index in [9.17, 15) is 4.79 Å². The third-order valence-corrected chi connectivity index (χ3v) is 1.32. The number of ether oxygens (including phenoxy) is 3. The number of rotatable bonds is 7. The molecule has 4 nitrogen and oxygen atoms in total. The van der Waals surface area contributed by atoms with Gasteiger partial charge in [-0.25, -0.2) is 4.79 Å². The van der Waals surface area contributed by atoms with Crippen LogP contribution in [0.1, 0.15) is 20.8 Å². The molecule has 0 aliphatic heterocycles. The van der Waals surface area contributed by atoms with Crippen LogP contribution in [-0.4, -0.2) is 25.8 Å². The summed E-state index contributed by atoms with van der Waals surface area (Å²) in [5, 5.41) is 0. The highest BCUT2D eigenvalue weighted by Gasteiger charge is 2.11. The van der Waals surface area contributed by atoms with Crippen LogP contribution in [0.25, 0.3) is 0 Å². The van der Waals surface area contributed by atoms with Crippen molar-refractivity contribution < 1.29 is 19.0 Å². The largest absolute Gasteiger partial charge is 0.423 e. The Morgan fingerprint density at radius 2 is 1.93 bits per heavy atom. The summed E-state index contributed by atoms with van der Waals surface area (Å²) in [4.78, 5) is 11.0. The third kappa shape index (κ3) is 6.62. The molecule has 14 heavy (non-hydrogen) atoms. The van der Waals surface area contributed by atoms with Gasteiger partial charge in [-0.05, 0) is 13.8 Å². The van der Waals surface area contributed by atoms with E-state index in [-0.39, 0.29) is 6.29 Å². The van der Waals surface area contributed by atoms with Crippen LogP contribution < -0.4 is 0 Å². The smallest absolute Gasteiger partial charge is 0.335 e. The summed E-state index contributed by atoms with van der Waals surface area (Å²) in [6.07, 6.45) is 0.220. The molecule has 0 amide bonds. The lowest BCUT2D eigenvalue weighted by molar-refractivity contribution is -0.149. The van der Waals surface area contributed by atoms with Crippen LogP contribution in [0.15, 0.2) is 12.2 Å². The molecular formula is C10H17O4. The first kappa shape index (κ1) is 13.1. The van der Waals surface area contributed by atoms with Crippen LogP contribution in [0, 0.1) is 6.29 Å². The van der Waals surface area contributed by atoms with Crippen molar-refractivity contribution in [2.24, 2.45) is 0 Å². The Morgan fingerprint density at radius 3 is 2.43 bits per heavy atom. The molecule has 1 radical (unpaired) electrons. The minimum atomic E-state index is -0.473. The summed E-state index contributed by atoms with van der Waals surface area (Å²) in [6, 6.07) is 0. The molecule has 0 rings (SSSR count). The minimum Gasteiger partial charge on any atom is -0.423 e. The van der Waals surface area contributed by atoms with E-state index in [2.05, 4.69) is 6.58 Å². The molecule has 0 saturated carbocycles. The summed E-state index contributed by atoms with van der Waals surface area (Å²) in [7, 11) is 0. The van der Waals surface area contributed by atoms with Gasteiger partial charge < -0.3 is 14.2 Å². The van der Waals surface area contributed by atoms with E-state index in [1.807, 2.05) is 6.92 Å². The molecule has 0 N–H and O–H groups in total. The molecule has 0 aromatic rings. The fourth-order valence-electron chi connectivity index (χ4n) is 0.636. The van der Waals surface area contributed by atoms with E-state index in [0.717, 1.165) is 0 Å². The van der Waals surface area contributed by atoms with Crippen molar-refractivity contribution in [3.05, 3.63) is 18.4 Å². The summed E-state index contributed by atoms with van der Waals surface area (Å²) >= 11 is 0. The first-order chi connectivity index (χ1) is 6.57. The Kier molecular flexibility index (Phi) is 7.06. The monoisotopic (exact) mass is 201 g/mol. The number of carbonyl (C=O) groups is 1. The maximum atomic E-state index is 11.0. The molecule has 0 aliphatic rings. The van der Waals surface area contributed by atoms with Gasteiger partial charge in [0.05, 0.1) is 13.2 Å². The standard InChI is InChI=1S/C10H17O4/c1-5-12-6-7-13-9(4)14-10(11)8(2)3/h2,5-7H2,1,3-4H3. The van der Waals surface area contributed by atoms with Gasteiger partial charge in [-0.2, -0.15) is 0 Å². The average Bonchev–Trinajstić information content (AvgIpc) is 2.12. The van der Waals surface area contributed by atoms with E-state index in [1.165, 1.54) is 0 Å². The molecule has 0 aliphatic carbocycles. The lowest BCUT2D eigenvalue weighted by Gasteiger charge is -2.11. The Balaban J connectivity index is 3.50. The zero-order valence-corrected chi connectivity index (χ0v) is 8.96. The molecule has 0 aromatic carbocycles. The maximum absolute atomic E-state index is 11.0. The van der Waals surface area contributed by atoms with Gasteiger partial charge >= 0.3 is 5.97 Å². The second kappa shape index (κ2) is 7.53. The SMILES string of the molecule is C=C(C)C(=O)O[C](C)OCCOCC. The second-order valence-corrected chi connectivity index (χ2v) is 2.71. The normalized spacial score (nSPS) is 10.3. The number of hydrogen-bond acceptors (Lipinski definition) is 4. The first-order valence-electron chi connectivity index (χ1n) is 4.49. The highest BCUT2D eigenvalue weighted by atomic mass is 16.7. The van der Waals surface area contributed by atoms with Crippen molar-refractivity contribution in [2.45, 2.75) is 20.8 Å². The lowest BCUT2D eigenvalue weighted by Crippen LogP contribution is -2.14. The first-order valence-corrected chi connectivity index (χ1v) is 4.49. The Hall–Kier alpha value is -0.870. The van der Waals surface area contributed by atoms with Crippen LogP contribution in [0.5, 0.6) is 0 Å². The van der Waals surface area contributed by atoms with Crippen LogP contribution >= 0.6 is 0 Å². The molecule has 0 unspecified atom stereocenters. The molecule has 0 bridgehead atoms. The minimum absolute atomic E-state index is 0.220. The molecule has 0 atom stereocenters. The Morgan fingerprint density at radius 1 is 1.29 bits per heavy atom. The fourth-order valence-corrected chi connectivity index (χ4v) is 0.636. The van der Waals surface area contributed by atoms with Crippen molar-refractivity contribution in [3.8, 4) is 0 Å². The van der Waals surface area contributed by atoms with E-state index in [0.29, 0.717) is 25.4 Å². The highest BCUT2D eigenvalue weighted by molar-refractivity contribution is 5.87. The Labute approximate surface area is 84.8 Å². The van der Waals surface area contributed by atoms with E-state index in [4.69, 9.17) is 14.2 Å². The quantitative estimate of drug-likeness (QED) is 0.357. The summed E-state index contributed by atoms with van der Waals surface area (Å²) in [5.41, 5.74) is 0.345. The molecule has 0 heterocycles. The summed E-state index contributed by atoms with van der Waals surface area (Å²) in [5.74, 6) is -0.473. The topological polar surface area (TPSA) is 44.8 Å². The summed E-state index contributed by atoms with van der Waals surface area (Å²) in [6.45, 7) is 10.0. The van der Waals surface area contributed by atoms with Crippen molar-refractivity contribution in [2.75, 3.05) is 19.8 Å². The zero-order chi connectivity index (χ0) is 11.0. The third-order valence-electron chi connectivity index (χ3n) is 1.32. The summed E-state index contributed by atoms with van der Waals surface area (Å²) < 4.78 is 14.9. The van der Waals surface area contributed by atoms with Crippen molar-refractivity contribution in [3.63, 3.8) is 0 Å². The Bertz CT molecular complexity index is 189. The van der Waals surface area contributed by atoms with Crippen molar-refractivity contribution in [1.29, 1.82) is 0 Å². The van der Waals surface area contributed by atoms with Crippen molar-refractivity contribution in [1.82, 2.24) is 0 Å². The van der Waals surface area contributed by atoms with Gasteiger partial charge in [0.2, 0.25) is 0 Å². The predicted molar refractivity (Wildman–Crippen MR) is 52.3 cm³/mol. The van der Waals surface area contributed by atoms with E-state index in [1.54, 1.807) is 13.8 Å². The van der Waals surface area contributed by atoms with Crippen molar-refractivity contribution >= 4 is 5.97 Å². The number of esters is 1. The van der Waals surface area contributed by atoms with Gasteiger partial charge in [-0.3, -0.25) is 0 Å². The van der Waals surface area contributed by atoms with Crippen LogP contribution in [0.3, 0.4) is 0 Å². The van der Waals surface area contributed by atoms with Gasteiger partial charge in [0.15, 0.2) is 0 Å². The fraction of sp³-hybridized carbons (Fsp3) is 0.600. The van der Waals surface area contributed by atoms with Gasteiger partial charge in [0.1, 0.15) is 0 Å². The van der Waals surface area contributed by atoms with Crippen LogP contribution in [0.2, 0.25) is 0 Å². The van der Waals surface area contributed by atoms with Gasteiger partial charge in [-0.15, -0.1) is 0 Å². The van der Waals surface area contributed by atoms with E-state index < -0.39 is 5.97 Å². The second-order valence-electron chi connectivity index (χ2n) is 2.71. The molecular weight excluding hydrogens is 184 g/mol. The number of hydrogen-bond donors (Lipinski definition) is 0. The highest BCUT2D eigenvalue weighted by Crippen LogP contribution is 2.06. The molecule has 0 spiro atoms. The van der Waals surface area contributed by atoms with Crippen LogP contribution in [-0.2, 0) is 19.0 Å². The van der Waals surface area contributed by atoms with Crippen LogP contribution in [0.4, 0.5) is 0 Å². The predicted octanol–water partition coefficient (Wildman–Crippen LogP) is 1.67. The van der Waals surface area contributed by atoms with Gasteiger partial charge in [-0.1, -0.05) is 6.58 Å². The molecule has 0 fully saturated rings. The molecule has 4 heteroatoms. The average molecular weight is 201 g/mol.